The molecule has 8 heteroatoms. The van der Waals surface area contributed by atoms with E-state index >= 15 is 0 Å². The van der Waals surface area contributed by atoms with Crippen molar-refractivity contribution >= 4 is 5.97 Å². The lowest BCUT2D eigenvalue weighted by molar-refractivity contribution is -0.140. The number of aryl methyl sites for hydroxylation is 1. The standard InChI is InChI=1S/C15H13F3N2O3/c1-20-6-12(13(19-20)15(16,17)18)10-4-8(7-21)5-11-9(10)2-3-23-14(11)22/h4-6,21H,2-3,7H2,1H3. The number of aliphatic hydroxyl groups is 1. The van der Waals surface area contributed by atoms with Gasteiger partial charge in [0.25, 0.3) is 0 Å². The third kappa shape index (κ3) is 2.70. The molecule has 5 nitrogen and oxygen atoms in total. The summed E-state index contributed by atoms with van der Waals surface area (Å²) in [5, 5.41) is 12.8. The number of aliphatic hydroxyl groups excluding tert-OH is 1. The zero-order valence-corrected chi connectivity index (χ0v) is 12.1. The van der Waals surface area contributed by atoms with Crippen molar-refractivity contribution in [2.75, 3.05) is 6.61 Å². The number of fused-ring (bicyclic) bond motifs is 1. The highest BCUT2D eigenvalue weighted by atomic mass is 19.4. The molecule has 0 bridgehead atoms. The van der Waals surface area contributed by atoms with E-state index < -0.39 is 24.4 Å². The summed E-state index contributed by atoms with van der Waals surface area (Å²) in [4.78, 5) is 11.9. The highest BCUT2D eigenvalue weighted by Gasteiger charge is 2.38. The molecular formula is C15H13F3N2O3. The number of alkyl halides is 3. The lowest BCUT2D eigenvalue weighted by Crippen LogP contribution is -2.19. The summed E-state index contributed by atoms with van der Waals surface area (Å²) in [6.07, 6.45) is -3.04. The van der Waals surface area contributed by atoms with Gasteiger partial charge in [0.15, 0.2) is 5.69 Å². The molecule has 3 rings (SSSR count). The van der Waals surface area contributed by atoms with Gasteiger partial charge in [-0.2, -0.15) is 18.3 Å². The number of aromatic nitrogens is 2. The lowest BCUT2D eigenvalue weighted by Gasteiger charge is -2.20. The summed E-state index contributed by atoms with van der Waals surface area (Å²) in [6.45, 7) is -0.284. The van der Waals surface area contributed by atoms with Gasteiger partial charge < -0.3 is 9.84 Å². The van der Waals surface area contributed by atoms with Crippen molar-refractivity contribution in [3.05, 3.63) is 40.7 Å². The van der Waals surface area contributed by atoms with Crippen LogP contribution in [0.25, 0.3) is 11.1 Å². The van der Waals surface area contributed by atoms with Gasteiger partial charge in [-0.1, -0.05) is 0 Å². The highest BCUT2D eigenvalue weighted by Crippen LogP contribution is 2.39. The number of halogens is 3. The van der Waals surface area contributed by atoms with Crippen LogP contribution in [0.1, 0.15) is 27.2 Å². The van der Waals surface area contributed by atoms with Gasteiger partial charge in [0.2, 0.25) is 0 Å². The molecular weight excluding hydrogens is 313 g/mol. The second-order valence-electron chi connectivity index (χ2n) is 5.28. The maximum atomic E-state index is 13.2. The zero-order chi connectivity index (χ0) is 16.8. The molecule has 0 unspecified atom stereocenters. The number of carbonyl (C=O) groups excluding carboxylic acids is 1. The molecule has 2 aromatic rings. The summed E-state index contributed by atoms with van der Waals surface area (Å²) in [6, 6.07) is 2.91. The van der Waals surface area contributed by atoms with Gasteiger partial charge in [-0.3, -0.25) is 4.68 Å². The monoisotopic (exact) mass is 326 g/mol. The van der Waals surface area contributed by atoms with Gasteiger partial charge in [-0.25, -0.2) is 4.79 Å². The maximum Gasteiger partial charge on any atom is 0.435 e. The first-order valence-corrected chi connectivity index (χ1v) is 6.86. The summed E-state index contributed by atoms with van der Waals surface area (Å²) in [5.74, 6) is -0.597. The van der Waals surface area contributed by atoms with E-state index in [2.05, 4.69) is 5.10 Å². The first kappa shape index (κ1) is 15.5. The van der Waals surface area contributed by atoms with Gasteiger partial charge in [-0.15, -0.1) is 0 Å². The molecule has 0 spiro atoms. The third-order valence-electron chi connectivity index (χ3n) is 3.68. The number of nitrogens with zero attached hydrogens (tertiary/aromatic N) is 2. The van der Waals surface area contributed by atoms with E-state index in [1.165, 1.54) is 25.4 Å². The molecule has 0 amide bonds. The van der Waals surface area contributed by atoms with Crippen LogP contribution in [0.2, 0.25) is 0 Å². The number of carbonyl (C=O) groups is 1. The maximum absolute atomic E-state index is 13.2. The fraction of sp³-hybridized carbons (Fsp3) is 0.333. The van der Waals surface area contributed by atoms with Crippen LogP contribution in [0.5, 0.6) is 0 Å². The summed E-state index contributed by atoms with van der Waals surface area (Å²) >= 11 is 0. The summed E-state index contributed by atoms with van der Waals surface area (Å²) < 4.78 is 45.7. The van der Waals surface area contributed by atoms with Crippen LogP contribution in [0, 0.1) is 0 Å². The minimum absolute atomic E-state index is 0.110. The topological polar surface area (TPSA) is 64.3 Å². The fourth-order valence-corrected chi connectivity index (χ4v) is 2.73. The van der Waals surface area contributed by atoms with E-state index in [1.807, 2.05) is 0 Å². The molecule has 122 valence electrons. The minimum atomic E-state index is -4.62. The molecule has 0 radical (unpaired) electrons. The summed E-state index contributed by atoms with van der Waals surface area (Å²) in [5.41, 5.74) is 0.141. The molecule has 1 aliphatic rings. The number of hydrogen-bond donors (Lipinski definition) is 1. The largest absolute Gasteiger partial charge is 0.462 e. The second-order valence-corrected chi connectivity index (χ2v) is 5.28. The Balaban J connectivity index is 2.29. The predicted octanol–water partition coefficient (Wildman–Crippen LogP) is 2.31. The highest BCUT2D eigenvalue weighted by molar-refractivity contribution is 5.95. The van der Waals surface area contributed by atoms with Gasteiger partial charge in [0.1, 0.15) is 0 Å². The molecule has 1 aromatic carbocycles. The van der Waals surface area contributed by atoms with Crippen LogP contribution in [0.3, 0.4) is 0 Å². The normalized spacial score (nSPS) is 14.6. The third-order valence-corrected chi connectivity index (χ3v) is 3.68. The average molecular weight is 326 g/mol. The number of rotatable bonds is 2. The fourth-order valence-electron chi connectivity index (χ4n) is 2.73. The van der Waals surface area contributed by atoms with Crippen molar-refractivity contribution in [3.8, 4) is 11.1 Å². The van der Waals surface area contributed by atoms with Crippen molar-refractivity contribution < 1.29 is 27.8 Å². The Hall–Kier alpha value is -2.35. The Morgan fingerprint density at radius 1 is 1.30 bits per heavy atom. The molecule has 1 N–H and O–H groups in total. The lowest BCUT2D eigenvalue weighted by atomic mass is 9.90. The van der Waals surface area contributed by atoms with E-state index in [0.717, 1.165) is 4.68 Å². The Morgan fingerprint density at radius 2 is 2.00 bits per heavy atom. The van der Waals surface area contributed by atoms with Crippen molar-refractivity contribution in [1.29, 1.82) is 0 Å². The smallest absolute Gasteiger partial charge is 0.435 e. The van der Waals surface area contributed by atoms with Gasteiger partial charge in [0.05, 0.1) is 18.8 Å². The Labute approximate surface area is 129 Å². The number of hydrogen-bond acceptors (Lipinski definition) is 4. The van der Waals surface area contributed by atoms with E-state index in [4.69, 9.17) is 4.74 Å². The zero-order valence-electron chi connectivity index (χ0n) is 12.1. The Kier molecular flexibility index (Phi) is 3.63. The molecule has 0 atom stereocenters. The Bertz CT molecular complexity index is 781. The number of cyclic esters (lactones) is 1. The molecule has 1 aromatic heterocycles. The molecule has 0 fully saturated rings. The molecule has 1 aliphatic heterocycles. The minimum Gasteiger partial charge on any atom is -0.462 e. The quantitative estimate of drug-likeness (QED) is 0.860. The van der Waals surface area contributed by atoms with Crippen LogP contribution < -0.4 is 0 Å². The van der Waals surface area contributed by atoms with Crippen molar-refractivity contribution in [2.24, 2.45) is 7.05 Å². The van der Waals surface area contributed by atoms with Crippen molar-refractivity contribution in [2.45, 2.75) is 19.2 Å². The van der Waals surface area contributed by atoms with E-state index in [1.54, 1.807) is 0 Å². The SMILES string of the molecule is Cn1cc(-c2cc(CO)cc3c2CCOC3=O)c(C(F)(F)F)n1. The van der Waals surface area contributed by atoms with Gasteiger partial charge in [0, 0.05) is 25.2 Å². The van der Waals surface area contributed by atoms with E-state index in [9.17, 15) is 23.1 Å². The molecule has 23 heavy (non-hydrogen) atoms. The van der Waals surface area contributed by atoms with Crippen molar-refractivity contribution in [3.63, 3.8) is 0 Å². The van der Waals surface area contributed by atoms with Gasteiger partial charge >= 0.3 is 12.1 Å². The van der Waals surface area contributed by atoms with Crippen LogP contribution >= 0.6 is 0 Å². The average Bonchev–Trinajstić information content (AvgIpc) is 2.89. The van der Waals surface area contributed by atoms with Crippen LogP contribution in [0.15, 0.2) is 18.3 Å². The van der Waals surface area contributed by atoms with Gasteiger partial charge in [-0.05, 0) is 28.8 Å². The first-order valence-electron chi connectivity index (χ1n) is 6.86. The second kappa shape index (κ2) is 5.38. The van der Waals surface area contributed by atoms with Crippen LogP contribution in [-0.4, -0.2) is 27.5 Å². The van der Waals surface area contributed by atoms with E-state index in [-0.39, 0.29) is 23.3 Å². The molecule has 0 saturated carbocycles. The molecule has 0 aliphatic carbocycles. The van der Waals surface area contributed by atoms with Crippen LogP contribution in [0.4, 0.5) is 13.2 Å². The number of benzene rings is 1. The summed E-state index contributed by atoms with van der Waals surface area (Å²) in [7, 11) is 1.40. The van der Waals surface area contributed by atoms with Crippen LogP contribution in [-0.2, 0) is 31.0 Å². The predicted molar refractivity (Wildman–Crippen MR) is 73.6 cm³/mol. The molecule has 2 heterocycles. The molecule has 0 saturated heterocycles. The van der Waals surface area contributed by atoms with Crippen molar-refractivity contribution in [1.82, 2.24) is 9.78 Å². The number of ether oxygens (including phenoxy) is 1. The van der Waals surface area contributed by atoms with E-state index in [0.29, 0.717) is 17.5 Å². The first-order chi connectivity index (χ1) is 10.8. The number of esters is 1. The Morgan fingerprint density at radius 3 is 2.65 bits per heavy atom.